The quantitative estimate of drug-likeness (QED) is 0.673. The summed E-state index contributed by atoms with van der Waals surface area (Å²) in [6, 6.07) is 5.06. The molecule has 1 saturated heterocycles. The summed E-state index contributed by atoms with van der Waals surface area (Å²) in [7, 11) is 1.84. The maximum absolute atomic E-state index is 10.9. The van der Waals surface area contributed by atoms with Crippen LogP contribution in [0.25, 0.3) is 0 Å². The van der Waals surface area contributed by atoms with Gasteiger partial charge < -0.3 is 15.0 Å². The first-order valence-electron chi connectivity index (χ1n) is 6.83. The standard InChI is InChI=1S/C14H21N3O3/c1-10-8-16(9-11(2)20-10)14-5-4-13(17(18)19)6-12(14)7-15-3/h4-6,10-11,15H,7-9H2,1-3H3/t10-,11+. The zero-order valence-electron chi connectivity index (χ0n) is 12.1. The molecule has 1 heterocycles. The molecule has 1 aromatic rings. The van der Waals surface area contributed by atoms with Crippen molar-refractivity contribution in [2.24, 2.45) is 0 Å². The third-order valence-corrected chi connectivity index (χ3v) is 3.40. The fourth-order valence-corrected chi connectivity index (χ4v) is 2.70. The molecule has 20 heavy (non-hydrogen) atoms. The van der Waals surface area contributed by atoms with Gasteiger partial charge in [0.2, 0.25) is 0 Å². The van der Waals surface area contributed by atoms with E-state index in [-0.39, 0.29) is 22.8 Å². The molecular formula is C14H21N3O3. The number of nitrogens with one attached hydrogen (secondary N) is 1. The normalized spacial score (nSPS) is 22.9. The van der Waals surface area contributed by atoms with Crippen molar-refractivity contribution in [1.82, 2.24) is 5.32 Å². The van der Waals surface area contributed by atoms with Gasteiger partial charge in [0.25, 0.3) is 5.69 Å². The SMILES string of the molecule is CNCc1cc([N+](=O)[O-])ccc1N1C[C@@H](C)O[C@@H](C)C1. The van der Waals surface area contributed by atoms with Gasteiger partial charge in [-0.25, -0.2) is 0 Å². The Kier molecular flexibility index (Phi) is 4.57. The number of morpholine rings is 1. The van der Waals surface area contributed by atoms with E-state index in [4.69, 9.17) is 4.74 Å². The van der Waals surface area contributed by atoms with Crippen molar-refractivity contribution in [2.45, 2.75) is 32.6 Å². The zero-order chi connectivity index (χ0) is 14.7. The summed E-state index contributed by atoms with van der Waals surface area (Å²) >= 11 is 0. The summed E-state index contributed by atoms with van der Waals surface area (Å²) < 4.78 is 5.73. The molecule has 1 aliphatic rings. The van der Waals surface area contributed by atoms with Crippen LogP contribution in [0.2, 0.25) is 0 Å². The number of hydrogen-bond donors (Lipinski definition) is 1. The number of hydrogen-bond acceptors (Lipinski definition) is 5. The average Bonchev–Trinajstić information content (AvgIpc) is 2.37. The van der Waals surface area contributed by atoms with Crippen LogP contribution in [0.15, 0.2) is 18.2 Å². The second kappa shape index (κ2) is 6.19. The molecule has 2 rings (SSSR count). The highest BCUT2D eigenvalue weighted by Crippen LogP contribution is 2.28. The van der Waals surface area contributed by atoms with Gasteiger partial charge in [-0.2, -0.15) is 0 Å². The second-order valence-corrected chi connectivity index (χ2v) is 5.26. The van der Waals surface area contributed by atoms with Gasteiger partial charge >= 0.3 is 0 Å². The summed E-state index contributed by atoms with van der Waals surface area (Å²) in [6.45, 7) is 6.31. The summed E-state index contributed by atoms with van der Waals surface area (Å²) in [5.41, 5.74) is 2.13. The van der Waals surface area contributed by atoms with E-state index in [2.05, 4.69) is 10.2 Å². The lowest BCUT2D eigenvalue weighted by Gasteiger charge is -2.37. The number of non-ortho nitro benzene ring substituents is 1. The van der Waals surface area contributed by atoms with Gasteiger partial charge in [0.15, 0.2) is 0 Å². The van der Waals surface area contributed by atoms with Crippen molar-refractivity contribution in [3.05, 3.63) is 33.9 Å². The van der Waals surface area contributed by atoms with Crippen molar-refractivity contribution in [2.75, 3.05) is 25.0 Å². The van der Waals surface area contributed by atoms with Crippen molar-refractivity contribution in [1.29, 1.82) is 0 Å². The molecule has 0 radical (unpaired) electrons. The lowest BCUT2D eigenvalue weighted by Crippen LogP contribution is -2.46. The van der Waals surface area contributed by atoms with E-state index in [1.54, 1.807) is 12.1 Å². The van der Waals surface area contributed by atoms with Gasteiger partial charge in [0, 0.05) is 37.5 Å². The number of benzene rings is 1. The Bertz CT molecular complexity index is 483. The molecule has 0 spiro atoms. The molecule has 1 fully saturated rings. The lowest BCUT2D eigenvalue weighted by atomic mass is 10.1. The predicted octanol–water partition coefficient (Wildman–Crippen LogP) is 1.93. The Hall–Kier alpha value is -1.66. The highest BCUT2D eigenvalue weighted by molar-refractivity contribution is 5.58. The van der Waals surface area contributed by atoms with E-state index in [0.29, 0.717) is 6.54 Å². The molecule has 6 heteroatoms. The van der Waals surface area contributed by atoms with Crippen LogP contribution in [0.1, 0.15) is 19.4 Å². The molecule has 0 amide bonds. The van der Waals surface area contributed by atoms with Crippen LogP contribution in [0.4, 0.5) is 11.4 Å². The summed E-state index contributed by atoms with van der Waals surface area (Å²) in [6.07, 6.45) is 0.327. The number of rotatable bonds is 4. The van der Waals surface area contributed by atoms with Crippen LogP contribution in [0, 0.1) is 10.1 Å². The average molecular weight is 279 g/mol. The van der Waals surface area contributed by atoms with Gasteiger partial charge in [-0.05, 0) is 32.5 Å². The minimum absolute atomic E-state index is 0.133. The molecular weight excluding hydrogens is 258 g/mol. The van der Waals surface area contributed by atoms with E-state index in [1.807, 2.05) is 27.0 Å². The Morgan fingerprint density at radius 2 is 2.05 bits per heavy atom. The van der Waals surface area contributed by atoms with Gasteiger partial charge in [0.1, 0.15) is 0 Å². The highest BCUT2D eigenvalue weighted by atomic mass is 16.6. The molecule has 0 saturated carbocycles. The number of nitro benzene ring substituents is 1. The molecule has 110 valence electrons. The summed E-state index contributed by atoms with van der Waals surface area (Å²) in [5.74, 6) is 0. The first kappa shape index (κ1) is 14.7. The van der Waals surface area contributed by atoms with Gasteiger partial charge in [-0.3, -0.25) is 10.1 Å². The van der Waals surface area contributed by atoms with Crippen LogP contribution in [-0.4, -0.2) is 37.3 Å². The van der Waals surface area contributed by atoms with E-state index < -0.39 is 0 Å². The number of anilines is 1. The third kappa shape index (κ3) is 3.26. The summed E-state index contributed by atoms with van der Waals surface area (Å²) in [5, 5.41) is 14.0. The second-order valence-electron chi connectivity index (χ2n) is 5.26. The first-order valence-corrected chi connectivity index (χ1v) is 6.83. The smallest absolute Gasteiger partial charge is 0.269 e. The summed E-state index contributed by atoms with van der Waals surface area (Å²) in [4.78, 5) is 12.8. The predicted molar refractivity (Wildman–Crippen MR) is 78.1 cm³/mol. The van der Waals surface area contributed by atoms with E-state index in [9.17, 15) is 10.1 Å². The molecule has 1 N–H and O–H groups in total. The van der Waals surface area contributed by atoms with E-state index in [1.165, 1.54) is 0 Å². The van der Waals surface area contributed by atoms with Gasteiger partial charge in [-0.15, -0.1) is 0 Å². The fourth-order valence-electron chi connectivity index (χ4n) is 2.70. The molecule has 6 nitrogen and oxygen atoms in total. The van der Waals surface area contributed by atoms with E-state index in [0.717, 1.165) is 24.3 Å². The third-order valence-electron chi connectivity index (χ3n) is 3.40. The Morgan fingerprint density at radius 1 is 1.40 bits per heavy atom. The highest BCUT2D eigenvalue weighted by Gasteiger charge is 2.24. The van der Waals surface area contributed by atoms with Crippen LogP contribution in [0.3, 0.4) is 0 Å². The van der Waals surface area contributed by atoms with Crippen LogP contribution >= 0.6 is 0 Å². The zero-order valence-corrected chi connectivity index (χ0v) is 12.1. The Morgan fingerprint density at radius 3 is 2.60 bits per heavy atom. The topological polar surface area (TPSA) is 67.6 Å². The number of nitrogens with zero attached hydrogens (tertiary/aromatic N) is 2. The maximum atomic E-state index is 10.9. The molecule has 0 aromatic heterocycles. The van der Waals surface area contributed by atoms with Crippen LogP contribution < -0.4 is 10.2 Å². The largest absolute Gasteiger partial charge is 0.372 e. The fraction of sp³-hybridized carbons (Fsp3) is 0.571. The molecule has 0 unspecified atom stereocenters. The minimum atomic E-state index is -0.354. The minimum Gasteiger partial charge on any atom is -0.372 e. The first-order chi connectivity index (χ1) is 9.51. The van der Waals surface area contributed by atoms with E-state index >= 15 is 0 Å². The van der Waals surface area contributed by atoms with Gasteiger partial charge in [-0.1, -0.05) is 0 Å². The van der Waals surface area contributed by atoms with Crippen molar-refractivity contribution in [3.8, 4) is 0 Å². The molecule has 0 aliphatic carbocycles. The molecule has 1 aromatic carbocycles. The van der Waals surface area contributed by atoms with Crippen molar-refractivity contribution in [3.63, 3.8) is 0 Å². The Labute approximate surface area is 118 Å². The number of nitro groups is 1. The molecule has 2 atom stereocenters. The number of ether oxygens (including phenoxy) is 1. The van der Waals surface area contributed by atoms with Crippen LogP contribution in [-0.2, 0) is 11.3 Å². The van der Waals surface area contributed by atoms with Crippen molar-refractivity contribution < 1.29 is 9.66 Å². The Balaban J connectivity index is 2.32. The molecule has 1 aliphatic heterocycles. The lowest BCUT2D eigenvalue weighted by molar-refractivity contribution is -0.384. The molecule has 0 bridgehead atoms. The van der Waals surface area contributed by atoms with Crippen molar-refractivity contribution >= 4 is 11.4 Å². The van der Waals surface area contributed by atoms with Crippen LogP contribution in [0.5, 0.6) is 0 Å². The maximum Gasteiger partial charge on any atom is 0.269 e. The van der Waals surface area contributed by atoms with Gasteiger partial charge in [0.05, 0.1) is 17.1 Å². The monoisotopic (exact) mass is 279 g/mol.